The summed E-state index contributed by atoms with van der Waals surface area (Å²) in [5, 5.41) is 27.6. The lowest BCUT2D eigenvalue weighted by molar-refractivity contribution is 0.214. The summed E-state index contributed by atoms with van der Waals surface area (Å²) in [6.07, 6.45) is 16.0. The fraction of sp³-hybridized carbons (Fsp3) is 0.442. The van der Waals surface area contributed by atoms with Crippen molar-refractivity contribution in [3.05, 3.63) is 178 Å². The predicted molar refractivity (Wildman–Crippen MR) is 451 cm³/mol. The van der Waals surface area contributed by atoms with Crippen LogP contribution in [0.2, 0.25) is 0 Å². The van der Waals surface area contributed by atoms with Crippen LogP contribution in [0.1, 0.15) is 141 Å². The number of hydrogen-bond donors (Lipinski definition) is 5. The first-order valence-corrected chi connectivity index (χ1v) is 41.2. The molecule has 0 atom stereocenters. The van der Waals surface area contributed by atoms with Crippen molar-refractivity contribution >= 4 is 75.5 Å². The van der Waals surface area contributed by atoms with E-state index in [2.05, 4.69) is 135 Å². The molecule has 0 saturated heterocycles. The Morgan fingerprint density at radius 2 is 0.773 bits per heavy atom. The Hall–Kier alpha value is -10.5. The van der Waals surface area contributed by atoms with E-state index < -0.39 is 42.0 Å². The summed E-state index contributed by atoms with van der Waals surface area (Å²) >= 11 is 0. The van der Waals surface area contributed by atoms with Gasteiger partial charge in [0.1, 0.15) is 68.6 Å². The van der Waals surface area contributed by atoms with Gasteiger partial charge in [0.2, 0.25) is 17.8 Å². The second kappa shape index (κ2) is 36.6. The predicted octanol–water partition coefficient (Wildman–Crippen LogP) is 14.0. The van der Waals surface area contributed by atoms with Crippen LogP contribution in [0.5, 0.6) is 0 Å². The number of halogens is 6. The molecule has 5 N–H and O–H groups in total. The summed E-state index contributed by atoms with van der Waals surface area (Å²) in [7, 11) is 8.86. The van der Waals surface area contributed by atoms with Crippen molar-refractivity contribution in [2.24, 2.45) is 0 Å². The number of pyridine rings is 3. The van der Waals surface area contributed by atoms with E-state index in [1.165, 1.54) is 35.7 Å². The van der Waals surface area contributed by atoms with Gasteiger partial charge >= 0.3 is 7.12 Å². The number of fused-ring (bicyclic) bond motifs is 6. The van der Waals surface area contributed by atoms with Gasteiger partial charge in [0, 0.05) is 156 Å². The summed E-state index contributed by atoms with van der Waals surface area (Å²) in [5.74, 6) is 1.19. The molecule has 0 radical (unpaired) electrons. The molecule has 5 aliphatic rings. The molecule has 2 aliphatic carbocycles. The van der Waals surface area contributed by atoms with E-state index in [0.29, 0.717) is 67.6 Å². The van der Waals surface area contributed by atoms with Gasteiger partial charge in [0.15, 0.2) is 34.9 Å². The first-order chi connectivity index (χ1) is 57.3. The SMILES string of the molecule is Cc1nc2c(F)cc(-c3nc(Nc4ccc5c(n4)CCN(CCN(C)C)C5)ncc3F)cc2n1C1CCCC1.Cc1nc2c(F)cc(-c3nc(Nc4ccc5c(n4)CCN(CCN(C)C)C5)ncc3F)cc2n1C1CCCCC1.Cc1nc2c(F)cc(-c3nc(Nc4ccc5c(n4)CCN(CCN(C)CB(O)O)C5)ncc3F)cc2n1C(C)C. The van der Waals surface area contributed by atoms with Crippen LogP contribution < -0.4 is 16.0 Å². The highest BCUT2D eigenvalue weighted by Crippen LogP contribution is 2.40. The third kappa shape index (κ3) is 19.4. The monoisotopic (exact) mass is 1630 g/mol. The minimum atomic E-state index is -1.34. The van der Waals surface area contributed by atoms with Crippen LogP contribution in [0.25, 0.3) is 66.9 Å². The Balaban J connectivity index is 0.000000139. The maximum Gasteiger partial charge on any atom is 0.466 e. The van der Waals surface area contributed by atoms with Crippen molar-refractivity contribution in [1.82, 2.24) is 103 Å². The molecule has 0 spiro atoms. The van der Waals surface area contributed by atoms with Crippen LogP contribution in [-0.2, 0) is 38.9 Å². The molecule has 3 aliphatic heterocycles. The number of nitrogens with one attached hydrogen (secondary N) is 3. The summed E-state index contributed by atoms with van der Waals surface area (Å²) < 4.78 is 96.5. The average Bonchev–Trinajstić information content (AvgIpc) is 1.64. The van der Waals surface area contributed by atoms with Gasteiger partial charge in [-0.15, -0.1) is 0 Å². The zero-order valence-corrected chi connectivity index (χ0v) is 69.2. The highest BCUT2D eigenvalue weighted by Gasteiger charge is 2.29. The van der Waals surface area contributed by atoms with Gasteiger partial charge in [0.05, 0.1) is 35.1 Å². The molecular formula is C86H103BF6N24O2. The van der Waals surface area contributed by atoms with Gasteiger partial charge in [-0.25, -0.2) is 86.2 Å². The van der Waals surface area contributed by atoms with Crippen LogP contribution >= 0.6 is 0 Å². The highest BCUT2D eigenvalue weighted by molar-refractivity contribution is 6.41. The van der Waals surface area contributed by atoms with Crippen molar-refractivity contribution in [2.45, 2.75) is 149 Å². The maximum absolute atomic E-state index is 15.3. The lowest BCUT2D eigenvalue weighted by Crippen LogP contribution is -2.40. The van der Waals surface area contributed by atoms with Gasteiger partial charge < -0.3 is 54.4 Å². The van der Waals surface area contributed by atoms with E-state index in [1.54, 1.807) is 18.2 Å². The van der Waals surface area contributed by atoms with E-state index in [1.807, 2.05) is 75.4 Å². The lowest BCUT2D eigenvalue weighted by Gasteiger charge is -2.30. The number of anilines is 6. The zero-order valence-electron chi connectivity index (χ0n) is 69.2. The third-order valence-electron chi connectivity index (χ3n) is 23.1. The Labute approximate surface area is 688 Å². The number of hydrogen-bond acceptors (Lipinski definition) is 23. The number of likely N-dealkylation sites (N-methyl/N-ethyl adjacent to an activating group) is 3. The maximum atomic E-state index is 15.3. The highest BCUT2D eigenvalue weighted by atomic mass is 19.1. The molecule has 119 heavy (non-hydrogen) atoms. The largest absolute Gasteiger partial charge is 0.466 e. The topological polar surface area (TPSA) is 265 Å². The lowest BCUT2D eigenvalue weighted by atomic mass is 9.91. The quantitative estimate of drug-likeness (QED) is 0.0294. The number of rotatable bonds is 23. The third-order valence-corrected chi connectivity index (χ3v) is 23.1. The molecule has 2 saturated carbocycles. The minimum Gasteiger partial charge on any atom is -0.426 e. The van der Waals surface area contributed by atoms with E-state index in [-0.39, 0.29) is 65.0 Å². The van der Waals surface area contributed by atoms with E-state index in [0.717, 1.165) is 202 Å². The van der Waals surface area contributed by atoms with Crippen LogP contribution in [-0.4, -0.2) is 221 Å². The Kier molecular flexibility index (Phi) is 25.7. The van der Waals surface area contributed by atoms with Crippen LogP contribution in [0.15, 0.2) is 91.4 Å². The molecule has 9 aromatic heterocycles. The van der Waals surface area contributed by atoms with Gasteiger partial charge in [-0.2, -0.15) is 0 Å². The van der Waals surface area contributed by atoms with E-state index >= 15 is 17.6 Å². The summed E-state index contributed by atoms with van der Waals surface area (Å²) in [4.78, 5) is 66.7. The van der Waals surface area contributed by atoms with Crippen molar-refractivity contribution in [1.29, 1.82) is 0 Å². The van der Waals surface area contributed by atoms with E-state index in [4.69, 9.17) is 25.0 Å². The fourth-order valence-corrected chi connectivity index (χ4v) is 17.1. The molecule has 26 nitrogen and oxygen atoms in total. The Bertz CT molecular complexity index is 5650. The smallest absolute Gasteiger partial charge is 0.426 e. The minimum absolute atomic E-state index is 0.0141. The molecule has 2 fully saturated rings. The molecular weight excluding hydrogens is 1530 g/mol. The van der Waals surface area contributed by atoms with Crippen molar-refractivity contribution < 1.29 is 36.4 Å². The van der Waals surface area contributed by atoms with Gasteiger partial charge in [-0.05, 0) is 167 Å². The average molecular weight is 1630 g/mol. The first-order valence-electron chi connectivity index (χ1n) is 41.2. The first kappa shape index (κ1) is 83.5. The van der Waals surface area contributed by atoms with Gasteiger partial charge in [0.25, 0.3) is 0 Å². The molecule has 0 unspecified atom stereocenters. The summed E-state index contributed by atoms with van der Waals surface area (Å²) in [5.41, 5.74) is 10.5. The molecule has 3 aromatic carbocycles. The number of aryl methyl sites for hydroxylation is 3. The number of nitrogens with zero attached hydrogens (tertiary/aromatic N) is 21. The number of aromatic nitrogens is 15. The molecule has 17 rings (SSSR count). The molecule has 33 heteroatoms. The molecule has 624 valence electrons. The Morgan fingerprint density at radius 3 is 1.13 bits per heavy atom. The summed E-state index contributed by atoms with van der Waals surface area (Å²) in [6, 6.07) is 21.6. The van der Waals surface area contributed by atoms with Crippen LogP contribution in [0.3, 0.4) is 0 Å². The van der Waals surface area contributed by atoms with Crippen molar-refractivity contribution in [3.8, 4) is 33.8 Å². The number of benzene rings is 3. The zero-order chi connectivity index (χ0) is 83.4. The summed E-state index contributed by atoms with van der Waals surface area (Å²) in [6.45, 7) is 20.4. The van der Waals surface area contributed by atoms with E-state index in [9.17, 15) is 8.78 Å². The van der Waals surface area contributed by atoms with Crippen molar-refractivity contribution in [2.75, 3.05) is 117 Å². The molecule has 0 bridgehead atoms. The van der Waals surface area contributed by atoms with Gasteiger partial charge in [-0.3, -0.25) is 14.7 Å². The second-order valence-corrected chi connectivity index (χ2v) is 32.8. The fourth-order valence-electron chi connectivity index (χ4n) is 17.1. The standard InChI is InChI=1S/C30H36F2N8.C29H34F2N8.C27H33BF2N8O2/c1-19-34-29-23(31)15-21(16-26(29)40(19)22-7-5-4-6-8-22)28-24(32)17-33-30(37-28)36-27-10-9-20-18-39(14-13-38(2)3)12-11-25(20)35-27;1-18-33-28-22(30)14-20(15-25(28)39(18)21-6-4-5-7-21)27-23(31)16-32-29(36-27)35-26-9-8-19-17-38(13-12-37(2)3)11-10-24(19)34-26;1-16(2)38-17(3)32-26-20(29)11-19(12-23(26)38)25-21(30)13-31-27(35-25)34-24-6-5-18-14-37(8-7-22(18)33-24)10-9-36(4)15-28(39)40/h9-10,15-17,22H,4-8,11-14,18H2,1-3H3,(H,33,35,36,37);8-9,14-16,21H,4-7,10-13,17H2,1-3H3,(H,32,34,35,36);5-6,11-13,16,39-40H,7-10,14-15H2,1-4H3,(H,31,33,34,35). The van der Waals surface area contributed by atoms with Crippen LogP contribution in [0.4, 0.5) is 61.6 Å². The normalized spacial score (nSPS) is 15.6. The Morgan fingerprint density at radius 1 is 0.429 bits per heavy atom. The van der Waals surface area contributed by atoms with Gasteiger partial charge in [-0.1, -0.05) is 50.3 Å². The molecule has 0 amide bonds. The van der Waals surface area contributed by atoms with Crippen LogP contribution in [0, 0.1) is 55.7 Å². The second-order valence-electron chi connectivity index (χ2n) is 32.8. The molecule has 12 aromatic rings. The molecule has 12 heterocycles. The van der Waals surface area contributed by atoms with Crippen molar-refractivity contribution in [3.63, 3.8) is 0 Å². The number of imidazole rings is 3.